The maximum atomic E-state index is 5.73. The Morgan fingerprint density at radius 1 is 0.791 bits per heavy atom. The third kappa shape index (κ3) is 4.48. The van der Waals surface area contributed by atoms with Gasteiger partial charge in [0.05, 0.1) is 26.3 Å². The van der Waals surface area contributed by atoms with E-state index in [2.05, 4.69) is 56.2 Å². The molecule has 3 aliphatic rings. The van der Waals surface area contributed by atoms with Gasteiger partial charge < -0.3 is 14.2 Å². The summed E-state index contributed by atoms with van der Waals surface area (Å²) in [6, 6.07) is 20.4. The van der Waals surface area contributed by atoms with E-state index < -0.39 is 0 Å². The average molecular weight is 573 g/mol. The maximum absolute atomic E-state index is 5.73. The Morgan fingerprint density at radius 3 is 2.33 bits per heavy atom. The Hall–Kier alpha value is -4.56. The van der Waals surface area contributed by atoms with Crippen LogP contribution in [-0.4, -0.2) is 70.0 Å². The van der Waals surface area contributed by atoms with Crippen molar-refractivity contribution in [1.29, 1.82) is 0 Å². The summed E-state index contributed by atoms with van der Waals surface area (Å²) in [4.78, 5) is 9.26. The number of nitrogens with one attached hydrogen (secondary N) is 1. The summed E-state index contributed by atoms with van der Waals surface area (Å²) < 4.78 is 19.5. The van der Waals surface area contributed by atoms with Crippen molar-refractivity contribution in [3.63, 3.8) is 0 Å². The minimum Gasteiger partial charge on any atom is -0.493 e. The van der Waals surface area contributed by atoms with E-state index in [0.29, 0.717) is 29.2 Å². The molecule has 1 aliphatic carbocycles. The highest BCUT2D eigenvalue weighted by Gasteiger charge is 2.49. The second-order valence-electron chi connectivity index (χ2n) is 11.7. The number of pyridine rings is 2. The van der Waals surface area contributed by atoms with Crippen LogP contribution in [0.3, 0.4) is 0 Å². The van der Waals surface area contributed by atoms with Crippen LogP contribution in [0.4, 0.5) is 0 Å². The number of ether oxygens (including phenoxy) is 3. The van der Waals surface area contributed by atoms with E-state index in [4.69, 9.17) is 19.2 Å². The van der Waals surface area contributed by atoms with Crippen molar-refractivity contribution in [2.75, 3.05) is 27.4 Å². The molecule has 2 atom stereocenters. The monoisotopic (exact) mass is 572 g/mol. The standard InChI is InChI=1S/C35H34N5O3/c1-41-31-13-14-36-33(34(31)42-2)23-6-4-22(5-7-23)32-30-16-26(18-37-35(30)39-38-32)25-8-3-21-9-11-27(12-10-24(21)15-25)40-28-17-29(40)20-43-19-28/h3-8,13-16,18,28-29H,9-12,17,19-20H2,1-2H3,(H,37,38,39)/q+1. The molecule has 0 radical (unpaired) electrons. The first kappa shape index (κ1) is 26.1. The quantitative estimate of drug-likeness (QED) is 0.209. The van der Waals surface area contributed by atoms with E-state index in [9.17, 15) is 0 Å². The molecule has 2 fully saturated rings. The molecule has 2 saturated heterocycles. The lowest BCUT2D eigenvalue weighted by molar-refractivity contribution is -0.686. The van der Waals surface area contributed by atoms with Crippen molar-refractivity contribution in [2.45, 2.75) is 44.2 Å². The van der Waals surface area contributed by atoms with Gasteiger partial charge in [-0.15, -0.1) is 0 Å². The molecule has 0 amide bonds. The molecule has 1 N–H and O–H groups in total. The summed E-state index contributed by atoms with van der Waals surface area (Å²) in [6.45, 7) is 1.78. The van der Waals surface area contributed by atoms with Crippen LogP contribution >= 0.6 is 0 Å². The highest BCUT2D eigenvalue weighted by Crippen LogP contribution is 2.37. The number of aromatic amines is 1. The molecular weight excluding hydrogens is 538 g/mol. The second kappa shape index (κ2) is 10.6. The molecule has 5 heterocycles. The summed E-state index contributed by atoms with van der Waals surface area (Å²) in [6.07, 6.45) is 9.45. The fraction of sp³-hybridized carbons (Fsp3) is 0.314. The molecule has 0 spiro atoms. The summed E-state index contributed by atoms with van der Waals surface area (Å²) >= 11 is 0. The normalized spacial score (nSPS) is 19.5. The molecule has 43 heavy (non-hydrogen) atoms. The molecule has 216 valence electrons. The zero-order valence-corrected chi connectivity index (χ0v) is 24.5. The molecule has 2 aromatic carbocycles. The van der Waals surface area contributed by atoms with Crippen LogP contribution < -0.4 is 9.47 Å². The van der Waals surface area contributed by atoms with E-state index in [0.717, 1.165) is 72.4 Å². The molecule has 5 aromatic rings. The fourth-order valence-corrected chi connectivity index (χ4v) is 7.14. The molecular formula is C35H34N5O3+. The van der Waals surface area contributed by atoms with Gasteiger partial charge in [0, 0.05) is 53.4 Å². The topological polar surface area (TPSA) is 85.2 Å². The number of morpholine rings is 1. The van der Waals surface area contributed by atoms with Crippen molar-refractivity contribution in [1.82, 2.24) is 20.2 Å². The highest BCUT2D eigenvalue weighted by atomic mass is 16.5. The minimum atomic E-state index is 0.602. The Morgan fingerprint density at radius 2 is 1.56 bits per heavy atom. The van der Waals surface area contributed by atoms with Crippen molar-refractivity contribution in [3.05, 3.63) is 78.1 Å². The smallest absolute Gasteiger partial charge is 0.187 e. The first-order valence-corrected chi connectivity index (χ1v) is 15.0. The zero-order valence-electron chi connectivity index (χ0n) is 24.5. The lowest BCUT2D eigenvalue weighted by Gasteiger charge is -2.39. The van der Waals surface area contributed by atoms with Crippen LogP contribution in [0.15, 0.2) is 67.0 Å². The van der Waals surface area contributed by atoms with Gasteiger partial charge >= 0.3 is 0 Å². The largest absolute Gasteiger partial charge is 0.493 e. The predicted molar refractivity (Wildman–Crippen MR) is 166 cm³/mol. The second-order valence-corrected chi connectivity index (χ2v) is 11.7. The summed E-state index contributed by atoms with van der Waals surface area (Å²) in [7, 11) is 3.26. The van der Waals surface area contributed by atoms with Gasteiger partial charge in [0.1, 0.15) is 18.9 Å². The lowest BCUT2D eigenvalue weighted by Crippen LogP contribution is -2.60. The van der Waals surface area contributed by atoms with Crippen LogP contribution in [0, 0.1) is 0 Å². The van der Waals surface area contributed by atoms with E-state index in [1.165, 1.54) is 23.1 Å². The fourth-order valence-electron chi connectivity index (χ4n) is 7.14. The molecule has 8 heteroatoms. The molecule has 8 rings (SSSR count). The van der Waals surface area contributed by atoms with E-state index >= 15 is 0 Å². The van der Waals surface area contributed by atoms with E-state index in [-0.39, 0.29) is 0 Å². The number of aromatic nitrogens is 4. The van der Waals surface area contributed by atoms with Gasteiger partial charge in [0.2, 0.25) is 0 Å². The third-order valence-corrected chi connectivity index (χ3v) is 9.37. The minimum absolute atomic E-state index is 0.602. The molecule has 8 nitrogen and oxygen atoms in total. The van der Waals surface area contributed by atoms with Gasteiger partial charge in [0.15, 0.2) is 34.9 Å². The zero-order chi connectivity index (χ0) is 28.9. The maximum Gasteiger partial charge on any atom is 0.187 e. The Labute approximate surface area is 250 Å². The van der Waals surface area contributed by atoms with Crippen LogP contribution in [0.5, 0.6) is 11.5 Å². The van der Waals surface area contributed by atoms with E-state index in [1.54, 1.807) is 32.2 Å². The summed E-state index contributed by atoms with van der Waals surface area (Å²) in [5.74, 6) is 1.27. The summed E-state index contributed by atoms with van der Waals surface area (Å²) in [5.41, 5.74) is 11.2. The van der Waals surface area contributed by atoms with Gasteiger partial charge in [-0.05, 0) is 35.6 Å². The molecule has 2 unspecified atom stereocenters. The first-order chi connectivity index (χ1) is 21.2. The number of fused-ring (bicyclic) bond motifs is 4. The molecule has 3 aromatic heterocycles. The third-order valence-electron chi connectivity index (χ3n) is 9.37. The first-order valence-electron chi connectivity index (χ1n) is 15.0. The number of nitrogens with zero attached hydrogens (tertiary/aromatic N) is 4. The van der Waals surface area contributed by atoms with Crippen LogP contribution in [0.1, 0.15) is 30.4 Å². The number of rotatable bonds is 5. The average Bonchev–Trinajstić information content (AvgIpc) is 3.38. The number of hydrogen-bond donors (Lipinski definition) is 1. The Balaban J connectivity index is 1.08. The number of hydrogen-bond acceptors (Lipinski definition) is 6. The van der Waals surface area contributed by atoms with E-state index in [1.807, 2.05) is 18.3 Å². The molecule has 2 bridgehead atoms. The van der Waals surface area contributed by atoms with Crippen molar-refractivity contribution in [3.8, 4) is 45.1 Å². The number of H-pyrrole nitrogens is 1. The van der Waals surface area contributed by atoms with Crippen LogP contribution in [0.25, 0.3) is 44.7 Å². The van der Waals surface area contributed by atoms with Crippen molar-refractivity contribution in [2.24, 2.45) is 0 Å². The lowest BCUT2D eigenvalue weighted by atomic mass is 9.91. The number of aryl methyl sites for hydroxylation is 2. The predicted octanol–water partition coefficient (Wildman–Crippen LogP) is 5.87. The van der Waals surface area contributed by atoms with Gasteiger partial charge in [-0.3, -0.25) is 10.1 Å². The van der Waals surface area contributed by atoms with Gasteiger partial charge in [0.25, 0.3) is 0 Å². The molecule has 0 saturated carbocycles. The van der Waals surface area contributed by atoms with Gasteiger partial charge in [-0.2, -0.15) is 5.10 Å². The highest BCUT2D eigenvalue weighted by molar-refractivity contribution is 5.93. The van der Waals surface area contributed by atoms with Crippen molar-refractivity contribution < 1.29 is 18.8 Å². The van der Waals surface area contributed by atoms with Crippen LogP contribution in [0.2, 0.25) is 0 Å². The van der Waals surface area contributed by atoms with Crippen molar-refractivity contribution >= 4 is 16.7 Å². The number of benzene rings is 2. The van der Waals surface area contributed by atoms with Crippen LogP contribution in [-0.2, 0) is 17.6 Å². The summed E-state index contributed by atoms with van der Waals surface area (Å²) in [5, 5.41) is 8.72. The SMILES string of the molecule is COc1ccnc(-c2ccc(-c3[nH]nc4ncc(-c5ccc6c(c5)CCC(=[N+]5C7COCC5C7)CC6)cc34)cc2)c1OC. The number of methoxy groups -OCH3 is 2. The Bertz CT molecular complexity index is 1860. The Kier molecular flexibility index (Phi) is 6.44. The van der Waals surface area contributed by atoms with Gasteiger partial charge in [-0.25, -0.2) is 9.56 Å². The van der Waals surface area contributed by atoms with Gasteiger partial charge in [-0.1, -0.05) is 42.5 Å². The molecule has 2 aliphatic heterocycles.